The predicted molar refractivity (Wildman–Crippen MR) is 62.4 cm³/mol. The molecule has 80 valence electrons. The van der Waals surface area contributed by atoms with E-state index in [1.165, 1.54) is 12.7 Å². The van der Waals surface area contributed by atoms with Gasteiger partial charge in [-0.05, 0) is 6.07 Å². The molecule has 0 aliphatic heterocycles. The Balaban J connectivity index is 2.28. The van der Waals surface area contributed by atoms with Gasteiger partial charge in [-0.2, -0.15) is 0 Å². The van der Waals surface area contributed by atoms with E-state index in [4.69, 9.17) is 4.42 Å². The summed E-state index contributed by atoms with van der Waals surface area (Å²) < 4.78 is 5.68. The molecule has 1 aromatic carbocycles. The van der Waals surface area contributed by atoms with Crippen LogP contribution in [0.4, 0.5) is 0 Å². The first kappa shape index (κ1) is 8.58. The van der Waals surface area contributed by atoms with Crippen LogP contribution in [0.1, 0.15) is 0 Å². The van der Waals surface area contributed by atoms with E-state index in [1.807, 2.05) is 12.1 Å². The van der Waals surface area contributed by atoms with E-state index in [0.29, 0.717) is 5.58 Å². The molecule has 0 saturated heterocycles. The summed E-state index contributed by atoms with van der Waals surface area (Å²) in [6.45, 7) is 0. The van der Waals surface area contributed by atoms with Crippen LogP contribution in [0.15, 0.2) is 41.6 Å². The molecule has 0 spiro atoms. The van der Waals surface area contributed by atoms with Crippen LogP contribution in [0.5, 0.6) is 0 Å². The van der Waals surface area contributed by atoms with Crippen molar-refractivity contribution in [1.29, 1.82) is 0 Å². The lowest BCUT2D eigenvalue weighted by Crippen LogP contribution is -1.80. The largest absolute Gasteiger partial charge is 0.453 e. The van der Waals surface area contributed by atoms with Gasteiger partial charge in [0.05, 0.1) is 11.7 Å². The number of rotatable bonds is 0. The molecule has 4 aromatic rings. The third-order valence-corrected chi connectivity index (χ3v) is 2.76. The Hall–Kier alpha value is -2.56. The molecule has 0 bridgehead atoms. The van der Waals surface area contributed by atoms with Crippen molar-refractivity contribution in [3.05, 3.63) is 37.2 Å². The second kappa shape index (κ2) is 2.98. The molecule has 17 heavy (non-hydrogen) atoms. The van der Waals surface area contributed by atoms with E-state index >= 15 is 0 Å². The van der Waals surface area contributed by atoms with E-state index in [2.05, 4.69) is 19.9 Å². The van der Waals surface area contributed by atoms with Gasteiger partial charge in [0.15, 0.2) is 5.58 Å². The van der Waals surface area contributed by atoms with Crippen molar-refractivity contribution in [3.63, 3.8) is 0 Å². The second-order valence-electron chi connectivity index (χ2n) is 3.77. The minimum Gasteiger partial charge on any atom is -0.453 e. The highest BCUT2D eigenvalue weighted by atomic mass is 16.3. The van der Waals surface area contributed by atoms with Gasteiger partial charge in [0, 0.05) is 23.0 Å². The molecular weight excluding hydrogens is 216 g/mol. The maximum atomic E-state index is 5.68. The van der Waals surface area contributed by atoms with Gasteiger partial charge >= 0.3 is 0 Å². The van der Waals surface area contributed by atoms with Crippen LogP contribution >= 0.6 is 0 Å². The zero-order valence-corrected chi connectivity index (χ0v) is 8.66. The van der Waals surface area contributed by atoms with E-state index in [0.717, 1.165) is 27.4 Å². The van der Waals surface area contributed by atoms with Crippen LogP contribution < -0.4 is 0 Å². The monoisotopic (exact) mass is 222 g/mol. The molecule has 0 aliphatic carbocycles. The normalized spacial score (nSPS) is 11.5. The van der Waals surface area contributed by atoms with Crippen LogP contribution in [0.3, 0.4) is 0 Å². The fraction of sp³-hybridized carbons (Fsp3) is 0. The average Bonchev–Trinajstić information content (AvgIpc) is 2.73. The third kappa shape index (κ3) is 1.13. The number of hydrogen-bond acceptors (Lipinski definition) is 5. The van der Waals surface area contributed by atoms with Crippen LogP contribution in [0.2, 0.25) is 0 Å². The van der Waals surface area contributed by atoms with Gasteiger partial charge < -0.3 is 4.42 Å². The van der Waals surface area contributed by atoms with Crippen molar-refractivity contribution >= 4 is 33.0 Å². The summed E-state index contributed by atoms with van der Waals surface area (Å²) in [6.07, 6.45) is 6.49. The quantitative estimate of drug-likeness (QED) is 0.456. The molecule has 5 nitrogen and oxygen atoms in total. The molecule has 0 saturated carbocycles. The zero-order valence-electron chi connectivity index (χ0n) is 8.66. The van der Waals surface area contributed by atoms with E-state index in [1.54, 1.807) is 12.4 Å². The van der Waals surface area contributed by atoms with Gasteiger partial charge in [-0.15, -0.1) is 0 Å². The average molecular weight is 222 g/mol. The van der Waals surface area contributed by atoms with Gasteiger partial charge in [0.1, 0.15) is 23.8 Å². The van der Waals surface area contributed by atoms with Crippen LogP contribution in [-0.2, 0) is 0 Å². The molecule has 3 heterocycles. The summed E-state index contributed by atoms with van der Waals surface area (Å²) in [4.78, 5) is 16.4. The van der Waals surface area contributed by atoms with Crippen molar-refractivity contribution in [1.82, 2.24) is 19.9 Å². The van der Waals surface area contributed by atoms with E-state index in [-0.39, 0.29) is 0 Å². The molecule has 5 heteroatoms. The smallest absolute Gasteiger partial charge is 0.172 e. The highest BCUT2D eigenvalue weighted by Gasteiger charge is 2.09. The number of furan rings is 1. The van der Waals surface area contributed by atoms with Gasteiger partial charge in [-0.1, -0.05) is 0 Å². The number of benzene rings is 1. The van der Waals surface area contributed by atoms with Crippen LogP contribution in [-0.4, -0.2) is 19.9 Å². The zero-order chi connectivity index (χ0) is 11.2. The fourth-order valence-electron chi connectivity index (χ4n) is 1.99. The molecule has 0 atom stereocenters. The van der Waals surface area contributed by atoms with Gasteiger partial charge in [0.2, 0.25) is 0 Å². The van der Waals surface area contributed by atoms with Crippen LogP contribution in [0, 0.1) is 0 Å². The summed E-state index contributed by atoms with van der Waals surface area (Å²) in [5, 5.41) is 1.94. The lowest BCUT2D eigenvalue weighted by molar-refractivity contribution is 0.666. The molecule has 3 aromatic heterocycles. The Bertz CT molecular complexity index is 847. The van der Waals surface area contributed by atoms with Crippen molar-refractivity contribution < 1.29 is 4.42 Å². The molecule has 0 radical (unpaired) electrons. The lowest BCUT2D eigenvalue weighted by atomic mass is 10.2. The highest BCUT2D eigenvalue weighted by molar-refractivity contribution is 6.07. The SMILES string of the molecule is c1ncc2cc3c(cc2n1)oc1cncnc13. The van der Waals surface area contributed by atoms with Crippen LogP contribution in [0.25, 0.3) is 33.0 Å². The first-order chi connectivity index (χ1) is 8.42. The standard InChI is InChI=1S/C12H6N4O/c1-7-3-13-5-15-9(7)2-10-8(1)12-11(17-10)4-14-6-16-12/h1-6H. The number of nitrogens with zero attached hydrogens (tertiary/aromatic N) is 4. The minimum atomic E-state index is 0.686. The molecule has 4 rings (SSSR count). The minimum absolute atomic E-state index is 0.686. The Kier molecular flexibility index (Phi) is 1.50. The Morgan fingerprint density at radius 1 is 0.882 bits per heavy atom. The van der Waals surface area contributed by atoms with Gasteiger partial charge in [-0.3, -0.25) is 0 Å². The Morgan fingerprint density at radius 3 is 2.76 bits per heavy atom. The summed E-state index contributed by atoms with van der Waals surface area (Å²) in [7, 11) is 0. The summed E-state index contributed by atoms with van der Waals surface area (Å²) >= 11 is 0. The van der Waals surface area contributed by atoms with Gasteiger partial charge in [-0.25, -0.2) is 19.9 Å². The van der Waals surface area contributed by atoms with E-state index in [9.17, 15) is 0 Å². The summed E-state index contributed by atoms with van der Waals surface area (Å²) in [6, 6.07) is 3.89. The van der Waals surface area contributed by atoms with Crippen molar-refractivity contribution in [2.75, 3.05) is 0 Å². The molecule has 0 fully saturated rings. The summed E-state index contributed by atoms with van der Waals surface area (Å²) in [5.41, 5.74) is 3.14. The molecule has 0 amide bonds. The number of hydrogen-bond donors (Lipinski definition) is 0. The molecule has 0 N–H and O–H groups in total. The Labute approximate surface area is 95.1 Å². The topological polar surface area (TPSA) is 64.7 Å². The fourth-order valence-corrected chi connectivity index (χ4v) is 1.99. The predicted octanol–water partition coefficient (Wildman–Crippen LogP) is 2.32. The third-order valence-electron chi connectivity index (χ3n) is 2.76. The lowest BCUT2D eigenvalue weighted by Gasteiger charge is -1.94. The van der Waals surface area contributed by atoms with Crippen molar-refractivity contribution in [3.8, 4) is 0 Å². The molecule has 0 unspecified atom stereocenters. The molecular formula is C12H6N4O. The number of fused-ring (bicyclic) bond motifs is 4. The first-order valence-corrected chi connectivity index (χ1v) is 5.14. The van der Waals surface area contributed by atoms with E-state index < -0.39 is 0 Å². The van der Waals surface area contributed by atoms with Crippen molar-refractivity contribution in [2.45, 2.75) is 0 Å². The summed E-state index contributed by atoms with van der Waals surface area (Å²) in [5.74, 6) is 0. The Morgan fingerprint density at radius 2 is 1.76 bits per heavy atom. The van der Waals surface area contributed by atoms with Gasteiger partial charge in [0.25, 0.3) is 0 Å². The molecule has 0 aliphatic rings. The first-order valence-electron chi connectivity index (χ1n) is 5.14. The number of aromatic nitrogens is 4. The second-order valence-corrected chi connectivity index (χ2v) is 3.77. The van der Waals surface area contributed by atoms with Crippen molar-refractivity contribution in [2.24, 2.45) is 0 Å². The maximum Gasteiger partial charge on any atom is 0.172 e. The maximum absolute atomic E-state index is 5.68. The highest BCUT2D eigenvalue weighted by Crippen LogP contribution is 2.29.